The van der Waals surface area contributed by atoms with E-state index in [0.29, 0.717) is 0 Å². The minimum atomic E-state index is -1.75. The lowest BCUT2D eigenvalue weighted by Gasteiger charge is -2.27. The largest absolute Gasteiger partial charge is 0.356 e. The first-order valence-electron chi connectivity index (χ1n) is 12.8. The third kappa shape index (κ3) is 4.64. The Morgan fingerprint density at radius 2 is 0.950 bits per heavy atom. The van der Waals surface area contributed by atoms with Gasteiger partial charge >= 0.3 is 0 Å². The molecule has 2 aromatic heterocycles. The summed E-state index contributed by atoms with van der Waals surface area (Å²) in [5.74, 6) is 0. The lowest BCUT2D eigenvalue weighted by atomic mass is 9.78. The Morgan fingerprint density at radius 1 is 0.600 bits per heavy atom. The highest BCUT2D eigenvalue weighted by molar-refractivity contribution is 6.03. The molecule has 0 saturated carbocycles. The fourth-order valence-electron chi connectivity index (χ4n) is 6.19. The summed E-state index contributed by atoms with van der Waals surface area (Å²) in [5.41, 5.74) is 11.8. The van der Waals surface area contributed by atoms with Crippen molar-refractivity contribution in [3.05, 3.63) is 126 Å². The molecule has 0 saturated heterocycles. The van der Waals surface area contributed by atoms with E-state index in [0.717, 1.165) is 25.9 Å². The van der Waals surface area contributed by atoms with Crippen molar-refractivity contribution in [1.82, 2.24) is 0 Å². The van der Waals surface area contributed by atoms with Gasteiger partial charge in [-0.1, -0.05) is 36.4 Å². The average Bonchev–Trinajstić information content (AvgIpc) is 2.94. The van der Waals surface area contributed by atoms with Gasteiger partial charge in [-0.05, 0) is 59.0 Å². The van der Waals surface area contributed by atoms with Gasteiger partial charge in [-0.2, -0.15) is 9.13 Å². The highest BCUT2D eigenvalue weighted by Crippen LogP contribution is 2.46. The summed E-state index contributed by atoms with van der Waals surface area (Å²) in [6.45, 7) is 6.78. The van der Waals surface area contributed by atoms with Gasteiger partial charge in [-0.25, -0.2) is 0 Å². The van der Waals surface area contributed by atoms with Crippen LogP contribution in [0.3, 0.4) is 0 Å². The number of fused-ring (bicyclic) bond motifs is 11. The van der Waals surface area contributed by atoms with Crippen LogP contribution >= 0.6 is 0 Å². The van der Waals surface area contributed by atoms with Crippen LogP contribution in [0, 0.1) is 44.5 Å². The molecule has 0 radical (unpaired) electrons. The molecule has 2 aliphatic rings. The second-order valence-electron chi connectivity index (χ2n) is 9.79. The molecular weight excluding hydrogens is 512 g/mol. The molecule has 10 heteroatoms. The van der Waals surface area contributed by atoms with Crippen LogP contribution in [0.25, 0.3) is 44.1 Å². The lowest BCUT2D eigenvalue weighted by Crippen LogP contribution is -2.43. The Bertz CT molecular complexity index is 1680. The number of benzene rings is 3. The number of hydrogen-bond donors (Lipinski definition) is 0. The Kier molecular flexibility index (Phi) is 7.00. The standard InChI is InChI=1S/C30H26N2.2NO3/c1-19-20(2)24-14-18-32-16-12-22-8-4-6-10-26(22)30(32)28(24)27-23(19)13-17-31-15-11-21-7-3-5-9-25(21)29(27)31;2*2-1(3)4/h3-12,15-16H,13-14,17-18H2,1-2H3;;/q+2;2*-1. The van der Waals surface area contributed by atoms with E-state index in [1.54, 1.807) is 11.1 Å². The molecule has 7 rings (SSSR count). The highest BCUT2D eigenvalue weighted by atomic mass is 16.9. The van der Waals surface area contributed by atoms with Crippen molar-refractivity contribution in [2.24, 2.45) is 0 Å². The van der Waals surface area contributed by atoms with E-state index in [2.05, 4.69) is 96.0 Å². The van der Waals surface area contributed by atoms with Crippen molar-refractivity contribution in [1.29, 1.82) is 0 Å². The fourth-order valence-corrected chi connectivity index (χ4v) is 6.19. The molecule has 202 valence electrons. The van der Waals surface area contributed by atoms with E-state index in [9.17, 15) is 0 Å². The van der Waals surface area contributed by atoms with Gasteiger partial charge in [0.15, 0.2) is 25.5 Å². The SMILES string of the molecule is Cc1c(C)c2c(c3c1CC[n+]1ccc4ccccc4c1-3)-c1c3ccccc3cc[n+]1CC2.O=[N+]([O-])[O-].O=[N+]([O-])[O-]. The number of aryl methyl sites for hydroxylation is 2. The van der Waals surface area contributed by atoms with Gasteiger partial charge in [0.1, 0.15) is 0 Å². The number of nitrogens with zero attached hydrogens (tertiary/aromatic N) is 4. The van der Waals surface area contributed by atoms with Gasteiger partial charge in [0, 0.05) is 25.0 Å². The van der Waals surface area contributed by atoms with E-state index >= 15 is 0 Å². The Morgan fingerprint density at radius 3 is 1.32 bits per heavy atom. The summed E-state index contributed by atoms with van der Waals surface area (Å²) >= 11 is 0. The van der Waals surface area contributed by atoms with Crippen molar-refractivity contribution < 1.29 is 19.3 Å². The van der Waals surface area contributed by atoms with Crippen molar-refractivity contribution in [2.45, 2.75) is 39.8 Å². The first kappa shape index (κ1) is 26.5. The molecule has 40 heavy (non-hydrogen) atoms. The van der Waals surface area contributed by atoms with Crippen LogP contribution in [0.5, 0.6) is 0 Å². The van der Waals surface area contributed by atoms with Crippen molar-refractivity contribution in [2.75, 3.05) is 0 Å². The van der Waals surface area contributed by atoms with Gasteiger partial charge in [0.25, 0.3) is 0 Å². The van der Waals surface area contributed by atoms with Gasteiger partial charge in [-0.15, -0.1) is 0 Å². The first-order valence-corrected chi connectivity index (χ1v) is 12.8. The van der Waals surface area contributed by atoms with Crippen molar-refractivity contribution >= 4 is 21.5 Å². The Labute approximate surface area is 229 Å². The number of hydrogen-bond acceptors (Lipinski definition) is 6. The summed E-state index contributed by atoms with van der Waals surface area (Å²) in [7, 11) is 0. The van der Waals surface area contributed by atoms with E-state index in [-0.39, 0.29) is 0 Å². The first-order chi connectivity index (χ1) is 19.2. The molecule has 0 unspecified atom stereocenters. The van der Waals surface area contributed by atoms with Crippen LogP contribution in [-0.2, 0) is 25.9 Å². The maximum absolute atomic E-state index is 8.25. The summed E-state index contributed by atoms with van der Waals surface area (Å²) < 4.78 is 4.98. The molecule has 0 bridgehead atoms. The maximum Gasteiger partial charge on any atom is 0.221 e. The number of pyridine rings is 2. The summed E-state index contributed by atoms with van der Waals surface area (Å²) in [6, 6.07) is 22.3. The van der Waals surface area contributed by atoms with Crippen LogP contribution in [0.1, 0.15) is 22.3 Å². The third-order valence-corrected chi connectivity index (χ3v) is 7.87. The molecule has 2 aliphatic heterocycles. The summed E-state index contributed by atoms with van der Waals surface area (Å²) in [5, 5.41) is 34.9. The zero-order valence-electron chi connectivity index (χ0n) is 22.0. The Hall–Kier alpha value is -5.12. The molecule has 0 N–H and O–H groups in total. The predicted octanol–water partition coefficient (Wildman–Crippen LogP) is 5.15. The van der Waals surface area contributed by atoms with Crippen molar-refractivity contribution in [3.63, 3.8) is 0 Å². The molecular formula is C30H26N4O6. The van der Waals surface area contributed by atoms with E-state index in [1.807, 2.05) is 0 Å². The number of rotatable bonds is 0. The molecule has 0 fully saturated rings. The molecule has 5 aromatic rings. The fraction of sp³-hybridized carbons (Fsp3) is 0.200. The zero-order chi connectivity index (χ0) is 28.6. The second-order valence-corrected chi connectivity index (χ2v) is 9.79. The summed E-state index contributed by atoms with van der Waals surface area (Å²) in [6.07, 6.45) is 6.77. The smallest absolute Gasteiger partial charge is 0.221 e. The molecule has 3 aromatic carbocycles. The highest BCUT2D eigenvalue weighted by Gasteiger charge is 2.37. The molecule has 4 heterocycles. The maximum atomic E-state index is 8.25. The van der Waals surface area contributed by atoms with Gasteiger partial charge in [0.2, 0.25) is 11.4 Å². The van der Waals surface area contributed by atoms with Crippen LogP contribution in [-0.4, -0.2) is 10.2 Å². The number of aromatic nitrogens is 2. The summed E-state index contributed by atoms with van der Waals surface area (Å²) in [4.78, 5) is 16.5. The second kappa shape index (κ2) is 10.6. The molecule has 0 amide bonds. The van der Waals surface area contributed by atoms with E-state index in [1.165, 1.54) is 55.2 Å². The van der Waals surface area contributed by atoms with Gasteiger partial charge in [0.05, 0.1) is 32.1 Å². The van der Waals surface area contributed by atoms with Crippen LogP contribution in [0.2, 0.25) is 0 Å². The van der Waals surface area contributed by atoms with Crippen LogP contribution in [0.4, 0.5) is 0 Å². The predicted molar refractivity (Wildman–Crippen MR) is 150 cm³/mol. The molecule has 0 aliphatic carbocycles. The molecule has 0 atom stereocenters. The van der Waals surface area contributed by atoms with Crippen LogP contribution in [0.15, 0.2) is 73.1 Å². The minimum absolute atomic E-state index is 1.04. The van der Waals surface area contributed by atoms with E-state index < -0.39 is 10.2 Å². The molecule has 0 spiro atoms. The average molecular weight is 539 g/mol. The molecule has 10 nitrogen and oxygen atoms in total. The monoisotopic (exact) mass is 538 g/mol. The zero-order valence-corrected chi connectivity index (χ0v) is 22.0. The van der Waals surface area contributed by atoms with E-state index in [4.69, 9.17) is 30.6 Å². The Balaban J connectivity index is 0.000000361. The van der Waals surface area contributed by atoms with Gasteiger partial charge < -0.3 is 30.6 Å². The third-order valence-electron chi connectivity index (χ3n) is 7.87. The van der Waals surface area contributed by atoms with Gasteiger partial charge in [-0.3, -0.25) is 0 Å². The quantitative estimate of drug-likeness (QED) is 0.152. The van der Waals surface area contributed by atoms with Crippen LogP contribution < -0.4 is 9.13 Å². The lowest BCUT2D eigenvalue weighted by molar-refractivity contribution is -0.688. The minimum Gasteiger partial charge on any atom is -0.356 e. The van der Waals surface area contributed by atoms with Crippen molar-refractivity contribution in [3.8, 4) is 22.5 Å². The topological polar surface area (TPSA) is 140 Å². The normalized spacial score (nSPS) is 12.4.